The molecule has 0 N–H and O–H groups in total. The third-order valence-electron chi connectivity index (χ3n) is 7.05. The fourth-order valence-electron chi connectivity index (χ4n) is 4.99. The van der Waals surface area contributed by atoms with E-state index < -0.39 is 5.97 Å². The van der Waals surface area contributed by atoms with Gasteiger partial charge in [-0.05, 0) is 65.2 Å². The van der Waals surface area contributed by atoms with Crippen LogP contribution in [0.5, 0.6) is 0 Å². The van der Waals surface area contributed by atoms with Gasteiger partial charge in [-0.2, -0.15) is 0 Å². The van der Waals surface area contributed by atoms with Crippen molar-refractivity contribution in [3.8, 4) is 0 Å². The molecule has 7 nitrogen and oxygen atoms in total. The van der Waals surface area contributed by atoms with Crippen molar-refractivity contribution in [1.82, 2.24) is 9.47 Å². The summed E-state index contributed by atoms with van der Waals surface area (Å²) in [5, 5.41) is 4.02. The molecule has 5 aromatic rings. The summed E-state index contributed by atoms with van der Waals surface area (Å²) in [6.45, 7) is 4.14. The minimum Gasteiger partial charge on any atom is -0.457 e. The van der Waals surface area contributed by atoms with Gasteiger partial charge in [0.15, 0.2) is 6.73 Å². The van der Waals surface area contributed by atoms with Crippen molar-refractivity contribution >= 4 is 44.0 Å². The van der Waals surface area contributed by atoms with E-state index >= 15 is 0 Å². The highest BCUT2D eigenvalue weighted by Gasteiger charge is 2.20. The van der Waals surface area contributed by atoms with Gasteiger partial charge in [0.25, 0.3) is 5.56 Å². The van der Waals surface area contributed by atoms with Gasteiger partial charge >= 0.3 is 5.97 Å². The van der Waals surface area contributed by atoms with E-state index in [0.717, 1.165) is 71.4 Å². The number of rotatable bonds is 7. The SMILES string of the molecule is O=C(OCn1c(=O)ccc2ccc(CCN3CCN(c4cc(F)cc5sccc45)CC3)cc21)c1ccco1. The van der Waals surface area contributed by atoms with Crippen LogP contribution in [-0.4, -0.2) is 48.2 Å². The quantitative estimate of drug-likeness (QED) is 0.272. The molecule has 0 atom stereocenters. The number of piperazine rings is 1. The van der Waals surface area contributed by atoms with Crippen molar-refractivity contribution in [2.24, 2.45) is 0 Å². The molecule has 1 saturated heterocycles. The molecule has 3 aromatic heterocycles. The van der Waals surface area contributed by atoms with Gasteiger partial charge in [-0.1, -0.05) is 12.1 Å². The highest BCUT2D eigenvalue weighted by molar-refractivity contribution is 7.17. The lowest BCUT2D eigenvalue weighted by Gasteiger charge is -2.36. The molecular formula is C29H26FN3O4S. The van der Waals surface area contributed by atoms with Gasteiger partial charge in [-0.15, -0.1) is 11.3 Å². The standard InChI is InChI=1S/C29H26FN3O4S/c30-22-17-25(23-8-15-38-27(23)18-22)32-12-10-31(11-13-32)9-7-20-3-4-21-5-6-28(34)33(24(21)16-20)19-37-29(35)26-2-1-14-36-26/h1-6,8,14-18H,7,9-13,19H2. The summed E-state index contributed by atoms with van der Waals surface area (Å²) >= 11 is 1.57. The molecule has 4 heterocycles. The Balaban J connectivity index is 1.11. The molecule has 0 saturated carbocycles. The summed E-state index contributed by atoms with van der Waals surface area (Å²) in [6, 6.07) is 17.8. The molecule has 0 bridgehead atoms. The number of hydrogen-bond donors (Lipinski definition) is 0. The molecule has 9 heteroatoms. The third-order valence-corrected chi connectivity index (χ3v) is 7.91. The van der Waals surface area contributed by atoms with Gasteiger partial charge in [0.1, 0.15) is 5.82 Å². The van der Waals surface area contributed by atoms with Crippen molar-refractivity contribution in [2.45, 2.75) is 13.2 Å². The number of aromatic nitrogens is 1. The van der Waals surface area contributed by atoms with Crippen molar-refractivity contribution in [3.63, 3.8) is 0 Å². The molecule has 194 valence electrons. The minimum absolute atomic E-state index is 0.0937. The fraction of sp³-hybridized carbons (Fsp3) is 0.241. The van der Waals surface area contributed by atoms with Crippen LogP contribution in [0.25, 0.3) is 21.0 Å². The summed E-state index contributed by atoms with van der Waals surface area (Å²) in [6.07, 6.45) is 2.22. The maximum Gasteiger partial charge on any atom is 0.375 e. The number of nitrogens with zero attached hydrogens (tertiary/aromatic N) is 3. The highest BCUT2D eigenvalue weighted by atomic mass is 32.1. The van der Waals surface area contributed by atoms with E-state index in [9.17, 15) is 14.0 Å². The number of benzene rings is 2. The lowest BCUT2D eigenvalue weighted by atomic mass is 10.1. The molecule has 6 rings (SSSR count). The van der Waals surface area contributed by atoms with Gasteiger partial charge < -0.3 is 14.1 Å². The first kappa shape index (κ1) is 24.4. The molecule has 1 fully saturated rings. The number of anilines is 1. The third kappa shape index (κ3) is 4.94. The number of furan rings is 1. The predicted octanol–water partition coefficient (Wildman–Crippen LogP) is 5.13. The Labute approximate surface area is 222 Å². The number of ether oxygens (including phenoxy) is 1. The van der Waals surface area contributed by atoms with Crippen LogP contribution in [0.15, 0.2) is 81.5 Å². The zero-order chi connectivity index (χ0) is 26.1. The second kappa shape index (κ2) is 10.4. The van der Waals surface area contributed by atoms with E-state index in [1.165, 1.54) is 23.0 Å². The first-order valence-electron chi connectivity index (χ1n) is 12.5. The number of halogens is 1. The number of carbonyl (C=O) groups is 1. The Hall–Kier alpha value is -3.95. The van der Waals surface area contributed by atoms with E-state index in [1.54, 1.807) is 35.6 Å². The lowest BCUT2D eigenvalue weighted by molar-refractivity contribution is 0.0337. The Morgan fingerprint density at radius 1 is 1.03 bits per heavy atom. The van der Waals surface area contributed by atoms with Crippen molar-refractivity contribution in [1.29, 1.82) is 0 Å². The molecule has 0 unspecified atom stereocenters. The summed E-state index contributed by atoms with van der Waals surface area (Å²) in [5.41, 5.74) is 2.55. The molecule has 0 aliphatic carbocycles. The normalized spacial score (nSPS) is 14.4. The minimum atomic E-state index is -0.618. The zero-order valence-electron chi connectivity index (χ0n) is 20.6. The Morgan fingerprint density at radius 2 is 1.87 bits per heavy atom. The Bertz CT molecular complexity index is 1650. The molecule has 0 spiro atoms. The van der Waals surface area contributed by atoms with Crippen LogP contribution in [0.1, 0.15) is 16.1 Å². The molecule has 38 heavy (non-hydrogen) atoms. The van der Waals surface area contributed by atoms with Gasteiger partial charge in [-0.25, -0.2) is 9.18 Å². The number of esters is 1. The predicted molar refractivity (Wildman–Crippen MR) is 146 cm³/mol. The lowest BCUT2D eigenvalue weighted by Crippen LogP contribution is -2.47. The molecule has 1 aliphatic rings. The average molecular weight is 532 g/mol. The van der Waals surface area contributed by atoms with Crippen LogP contribution < -0.4 is 10.5 Å². The summed E-state index contributed by atoms with van der Waals surface area (Å²) in [7, 11) is 0. The van der Waals surface area contributed by atoms with Gasteiger partial charge in [0.2, 0.25) is 5.76 Å². The second-order valence-electron chi connectivity index (χ2n) is 9.37. The van der Waals surface area contributed by atoms with Crippen molar-refractivity contribution in [3.05, 3.63) is 99.8 Å². The molecule has 1 aliphatic heterocycles. The maximum atomic E-state index is 14.2. The van der Waals surface area contributed by atoms with Crippen molar-refractivity contribution in [2.75, 3.05) is 37.6 Å². The number of fused-ring (bicyclic) bond motifs is 2. The van der Waals surface area contributed by atoms with Crippen molar-refractivity contribution < 1.29 is 18.3 Å². The monoisotopic (exact) mass is 531 g/mol. The Kier molecular flexibility index (Phi) is 6.70. The van der Waals surface area contributed by atoms with Crippen LogP contribution in [0.3, 0.4) is 0 Å². The van der Waals surface area contributed by atoms with E-state index in [0.29, 0.717) is 0 Å². The van der Waals surface area contributed by atoms with Gasteiger partial charge in [0.05, 0.1) is 11.8 Å². The number of thiophene rings is 1. The maximum absolute atomic E-state index is 14.2. The number of carbonyl (C=O) groups excluding carboxylic acids is 1. The summed E-state index contributed by atoms with van der Waals surface area (Å²) < 4.78 is 27.0. The van der Waals surface area contributed by atoms with E-state index in [4.69, 9.17) is 9.15 Å². The molecule has 0 radical (unpaired) electrons. The summed E-state index contributed by atoms with van der Waals surface area (Å²) in [4.78, 5) is 29.5. The second-order valence-corrected chi connectivity index (χ2v) is 10.3. The molecule has 0 amide bonds. The van der Waals surface area contributed by atoms with E-state index in [1.807, 2.05) is 17.5 Å². The number of pyridine rings is 1. The Morgan fingerprint density at radius 3 is 2.68 bits per heavy atom. The summed E-state index contributed by atoms with van der Waals surface area (Å²) in [5.74, 6) is -0.716. The van der Waals surface area contributed by atoms with Gasteiger partial charge in [-0.3, -0.25) is 14.3 Å². The first-order chi connectivity index (χ1) is 18.5. The highest BCUT2D eigenvalue weighted by Crippen LogP contribution is 2.32. The zero-order valence-corrected chi connectivity index (χ0v) is 21.5. The largest absolute Gasteiger partial charge is 0.457 e. The average Bonchev–Trinajstić information content (AvgIpc) is 3.64. The van der Waals surface area contributed by atoms with Crippen LogP contribution in [0.4, 0.5) is 10.1 Å². The van der Waals surface area contributed by atoms with Gasteiger partial charge in [0, 0.05) is 54.6 Å². The van der Waals surface area contributed by atoms with Crippen LogP contribution in [0, 0.1) is 5.82 Å². The van der Waals surface area contributed by atoms with E-state index in [2.05, 4.69) is 21.9 Å². The van der Waals surface area contributed by atoms with Crippen LogP contribution in [0.2, 0.25) is 0 Å². The topological polar surface area (TPSA) is 67.9 Å². The smallest absolute Gasteiger partial charge is 0.375 e. The van der Waals surface area contributed by atoms with Crippen LogP contribution >= 0.6 is 11.3 Å². The molecular weight excluding hydrogens is 505 g/mol. The first-order valence-corrected chi connectivity index (χ1v) is 13.4. The van der Waals surface area contributed by atoms with E-state index in [-0.39, 0.29) is 23.9 Å². The molecule has 2 aromatic carbocycles. The number of hydrogen-bond acceptors (Lipinski definition) is 7. The fourth-order valence-corrected chi connectivity index (χ4v) is 5.82. The van der Waals surface area contributed by atoms with Crippen LogP contribution in [-0.2, 0) is 17.9 Å².